The van der Waals surface area contributed by atoms with Crippen molar-refractivity contribution in [1.82, 2.24) is 0 Å². The molecule has 0 fully saturated rings. The number of benzene rings is 3. The number of rotatable bonds is 4. The fraction of sp³-hybridized carbons (Fsp3) is 0.0500. The van der Waals surface area contributed by atoms with Crippen molar-refractivity contribution >= 4 is 23.7 Å². The van der Waals surface area contributed by atoms with Crippen LogP contribution in [0.5, 0.6) is 5.75 Å². The van der Waals surface area contributed by atoms with E-state index in [1.807, 2.05) is 6.21 Å². The first-order valence-electron chi connectivity index (χ1n) is 7.37. The summed E-state index contributed by atoms with van der Waals surface area (Å²) in [6.45, 7) is 2.09. The van der Waals surface area contributed by atoms with Gasteiger partial charge in [-0.1, -0.05) is 41.6 Å². The molecule has 0 radical (unpaired) electrons. The second-order valence-electron chi connectivity index (χ2n) is 5.26. The Morgan fingerprint density at radius 3 is 1.96 bits per heavy atom. The third kappa shape index (κ3) is 4.47. The van der Waals surface area contributed by atoms with Gasteiger partial charge in [0.1, 0.15) is 5.75 Å². The van der Waals surface area contributed by atoms with E-state index in [0.29, 0.717) is 0 Å². The minimum Gasteiger partial charge on any atom is -0.508 e. The summed E-state index contributed by atoms with van der Waals surface area (Å²) in [6.07, 6.45) is 1.83. The van der Waals surface area contributed by atoms with Gasteiger partial charge in [-0.15, -0.1) is 0 Å². The van der Waals surface area contributed by atoms with Crippen molar-refractivity contribution in [1.29, 1.82) is 0 Å². The van der Waals surface area contributed by atoms with Crippen LogP contribution < -0.4 is 0 Å². The second kappa shape index (κ2) is 7.16. The van der Waals surface area contributed by atoms with E-state index in [2.05, 4.69) is 60.4 Å². The smallest absolute Gasteiger partial charge is 0.115 e. The maximum absolute atomic E-state index is 9.25. The largest absolute Gasteiger partial charge is 0.508 e. The van der Waals surface area contributed by atoms with E-state index in [1.54, 1.807) is 36.0 Å². The molecule has 0 saturated heterocycles. The highest BCUT2D eigenvalue weighted by molar-refractivity contribution is 7.99. The normalized spacial score (nSPS) is 11.0. The summed E-state index contributed by atoms with van der Waals surface area (Å²) in [5.41, 5.74) is 3.14. The van der Waals surface area contributed by atoms with Crippen LogP contribution in [0.15, 0.2) is 87.6 Å². The van der Waals surface area contributed by atoms with Gasteiger partial charge in [0.05, 0.1) is 5.69 Å². The first-order valence-corrected chi connectivity index (χ1v) is 8.18. The Kier molecular flexibility index (Phi) is 4.79. The summed E-state index contributed by atoms with van der Waals surface area (Å²) in [6, 6.07) is 23.7. The number of hydrogen-bond acceptors (Lipinski definition) is 3. The molecule has 0 aliphatic heterocycles. The molecular formula is C20H17NOS. The molecule has 23 heavy (non-hydrogen) atoms. The lowest BCUT2D eigenvalue weighted by molar-refractivity contribution is 0.475. The molecule has 1 N–H and O–H groups in total. The predicted molar refractivity (Wildman–Crippen MR) is 97.1 cm³/mol. The van der Waals surface area contributed by atoms with E-state index >= 15 is 0 Å². The monoisotopic (exact) mass is 319 g/mol. The highest BCUT2D eigenvalue weighted by Crippen LogP contribution is 2.27. The van der Waals surface area contributed by atoms with Crippen molar-refractivity contribution in [2.24, 2.45) is 4.99 Å². The third-order valence-electron chi connectivity index (χ3n) is 3.35. The molecule has 0 bridgehead atoms. The van der Waals surface area contributed by atoms with Crippen LogP contribution in [0.25, 0.3) is 0 Å². The summed E-state index contributed by atoms with van der Waals surface area (Å²) >= 11 is 1.75. The van der Waals surface area contributed by atoms with Gasteiger partial charge in [-0.3, -0.25) is 4.99 Å². The molecule has 3 aromatic rings. The van der Waals surface area contributed by atoms with Gasteiger partial charge in [0.25, 0.3) is 0 Å². The lowest BCUT2D eigenvalue weighted by Gasteiger charge is -2.02. The van der Waals surface area contributed by atoms with Crippen LogP contribution in [0.2, 0.25) is 0 Å². The van der Waals surface area contributed by atoms with Gasteiger partial charge in [-0.05, 0) is 61.0 Å². The van der Waals surface area contributed by atoms with Crippen molar-refractivity contribution < 1.29 is 5.11 Å². The summed E-state index contributed by atoms with van der Waals surface area (Å²) in [5, 5.41) is 9.25. The molecule has 0 aromatic heterocycles. The van der Waals surface area contributed by atoms with Gasteiger partial charge in [0, 0.05) is 16.0 Å². The summed E-state index contributed by atoms with van der Waals surface area (Å²) in [7, 11) is 0. The molecule has 2 nitrogen and oxygen atoms in total. The van der Waals surface area contributed by atoms with E-state index in [-0.39, 0.29) is 5.75 Å². The summed E-state index contributed by atoms with van der Waals surface area (Å²) in [5.74, 6) is 0.251. The van der Waals surface area contributed by atoms with Gasteiger partial charge in [-0.2, -0.15) is 0 Å². The fourth-order valence-corrected chi connectivity index (χ4v) is 2.87. The van der Waals surface area contributed by atoms with Gasteiger partial charge < -0.3 is 5.11 Å². The van der Waals surface area contributed by atoms with E-state index in [9.17, 15) is 5.11 Å². The van der Waals surface area contributed by atoms with E-state index in [0.717, 1.165) is 11.3 Å². The van der Waals surface area contributed by atoms with Gasteiger partial charge in [0.2, 0.25) is 0 Å². The Labute approximate surface area is 140 Å². The molecule has 0 heterocycles. The average Bonchev–Trinajstić information content (AvgIpc) is 2.58. The SMILES string of the molecule is Cc1ccc(Sc2ccc(C=Nc3ccc(O)cc3)cc2)cc1. The Hall–Kier alpha value is -2.52. The molecule has 114 valence electrons. The van der Waals surface area contributed by atoms with E-state index < -0.39 is 0 Å². The standard InChI is InChI=1S/C20H17NOS/c1-15-2-10-19(11-3-15)23-20-12-4-16(5-13-20)14-21-17-6-8-18(22)9-7-17/h2-14,22H,1H3. The molecule has 0 atom stereocenters. The zero-order valence-corrected chi connectivity index (χ0v) is 13.6. The first-order chi connectivity index (χ1) is 11.2. The van der Waals surface area contributed by atoms with E-state index in [4.69, 9.17) is 0 Å². The van der Waals surface area contributed by atoms with Crippen LogP contribution in [0.4, 0.5) is 5.69 Å². The van der Waals surface area contributed by atoms with Crippen LogP contribution in [0.3, 0.4) is 0 Å². The van der Waals surface area contributed by atoms with Crippen LogP contribution >= 0.6 is 11.8 Å². The van der Waals surface area contributed by atoms with Crippen molar-refractivity contribution in [3.8, 4) is 5.75 Å². The van der Waals surface area contributed by atoms with Gasteiger partial charge in [0.15, 0.2) is 0 Å². The maximum Gasteiger partial charge on any atom is 0.115 e. The van der Waals surface area contributed by atoms with Gasteiger partial charge in [-0.25, -0.2) is 0 Å². The molecular weight excluding hydrogens is 302 g/mol. The van der Waals surface area contributed by atoms with Crippen molar-refractivity contribution in [3.05, 3.63) is 83.9 Å². The molecule has 0 amide bonds. The van der Waals surface area contributed by atoms with Crippen LogP contribution in [-0.2, 0) is 0 Å². The lowest BCUT2D eigenvalue weighted by Crippen LogP contribution is -1.81. The predicted octanol–water partition coefficient (Wildman–Crippen LogP) is 5.60. The third-order valence-corrected chi connectivity index (χ3v) is 4.36. The number of nitrogens with zero attached hydrogens (tertiary/aromatic N) is 1. The van der Waals surface area contributed by atoms with E-state index in [1.165, 1.54) is 15.4 Å². The first kappa shape index (κ1) is 15.4. The summed E-state index contributed by atoms with van der Waals surface area (Å²) in [4.78, 5) is 6.84. The van der Waals surface area contributed by atoms with Crippen molar-refractivity contribution in [3.63, 3.8) is 0 Å². The van der Waals surface area contributed by atoms with Crippen molar-refractivity contribution in [2.75, 3.05) is 0 Å². The highest BCUT2D eigenvalue weighted by atomic mass is 32.2. The highest BCUT2D eigenvalue weighted by Gasteiger charge is 1.97. The number of aliphatic imine (C=N–C) groups is 1. The molecule has 0 aliphatic carbocycles. The molecule has 3 aromatic carbocycles. The Morgan fingerprint density at radius 1 is 0.783 bits per heavy atom. The fourth-order valence-electron chi connectivity index (χ4n) is 2.05. The van der Waals surface area contributed by atoms with Crippen molar-refractivity contribution in [2.45, 2.75) is 16.7 Å². The Balaban J connectivity index is 1.67. The number of hydrogen-bond donors (Lipinski definition) is 1. The maximum atomic E-state index is 9.25. The molecule has 0 unspecified atom stereocenters. The molecule has 0 spiro atoms. The lowest BCUT2D eigenvalue weighted by atomic mass is 10.2. The molecule has 3 rings (SSSR count). The van der Waals surface area contributed by atoms with Crippen LogP contribution in [-0.4, -0.2) is 11.3 Å². The number of aryl methyl sites for hydroxylation is 1. The summed E-state index contributed by atoms with van der Waals surface area (Å²) < 4.78 is 0. The quantitative estimate of drug-likeness (QED) is 0.635. The minimum atomic E-state index is 0.251. The number of phenolic OH excluding ortho intramolecular Hbond substituents is 1. The molecule has 0 saturated carbocycles. The molecule has 3 heteroatoms. The average molecular weight is 319 g/mol. The zero-order valence-electron chi connectivity index (χ0n) is 12.8. The topological polar surface area (TPSA) is 32.6 Å². The second-order valence-corrected chi connectivity index (χ2v) is 6.41. The molecule has 0 aliphatic rings. The minimum absolute atomic E-state index is 0.251. The Morgan fingerprint density at radius 2 is 1.35 bits per heavy atom. The zero-order chi connectivity index (χ0) is 16.1. The number of phenols is 1. The van der Waals surface area contributed by atoms with Gasteiger partial charge >= 0.3 is 0 Å². The van der Waals surface area contributed by atoms with Crippen LogP contribution in [0.1, 0.15) is 11.1 Å². The number of aromatic hydroxyl groups is 1. The Bertz CT molecular complexity index is 791. The van der Waals surface area contributed by atoms with Crippen LogP contribution in [0, 0.1) is 6.92 Å².